The minimum Gasteiger partial charge on any atom is -0.495 e. The second kappa shape index (κ2) is 4.97. The molecule has 1 aromatic heterocycles. The lowest BCUT2D eigenvalue weighted by atomic mass is 10.4. The Balaban J connectivity index is 2.78. The monoisotopic (exact) mass is 215 g/mol. The van der Waals surface area contributed by atoms with Gasteiger partial charge >= 0.3 is 0 Å². The number of aliphatic hydroxyl groups excluding tert-OH is 1. The van der Waals surface area contributed by atoms with E-state index < -0.39 is 0 Å². The first-order valence-electron chi connectivity index (χ1n) is 4.18. The molecule has 0 spiro atoms. The number of rotatable bonds is 4. The maximum atomic E-state index is 11.7. The molecular weight excluding hydrogens is 202 g/mol. The van der Waals surface area contributed by atoms with E-state index in [2.05, 4.69) is 0 Å². The average molecular weight is 215 g/mol. The molecule has 0 aromatic carbocycles. The lowest BCUT2D eigenvalue weighted by molar-refractivity contribution is 0.0768. The summed E-state index contributed by atoms with van der Waals surface area (Å²) in [5.74, 6) is 0.468. The lowest BCUT2D eigenvalue weighted by Crippen LogP contribution is -2.29. The molecule has 0 fully saturated rings. The van der Waals surface area contributed by atoms with E-state index in [-0.39, 0.29) is 12.5 Å². The third kappa shape index (κ3) is 2.24. The number of carbonyl (C=O) groups is 1. The molecule has 0 atom stereocenters. The minimum atomic E-state index is -0.120. The van der Waals surface area contributed by atoms with Gasteiger partial charge in [0.2, 0.25) is 0 Å². The van der Waals surface area contributed by atoms with Crippen molar-refractivity contribution in [1.29, 1.82) is 0 Å². The number of hydrogen-bond donors (Lipinski definition) is 1. The molecule has 0 bridgehead atoms. The maximum Gasteiger partial charge on any atom is 0.267 e. The summed E-state index contributed by atoms with van der Waals surface area (Å²) in [6, 6.07) is 1.75. The first kappa shape index (κ1) is 11.0. The van der Waals surface area contributed by atoms with Crippen LogP contribution >= 0.6 is 11.3 Å². The highest BCUT2D eigenvalue weighted by atomic mass is 32.1. The maximum absolute atomic E-state index is 11.7. The fraction of sp³-hybridized carbons (Fsp3) is 0.444. The van der Waals surface area contributed by atoms with Crippen molar-refractivity contribution in [1.82, 2.24) is 4.90 Å². The predicted molar refractivity (Wildman–Crippen MR) is 54.9 cm³/mol. The van der Waals surface area contributed by atoms with Crippen LogP contribution in [0.25, 0.3) is 0 Å². The molecule has 0 radical (unpaired) electrons. The van der Waals surface area contributed by atoms with E-state index in [4.69, 9.17) is 9.84 Å². The van der Waals surface area contributed by atoms with Crippen molar-refractivity contribution in [3.63, 3.8) is 0 Å². The smallest absolute Gasteiger partial charge is 0.267 e. The van der Waals surface area contributed by atoms with Crippen LogP contribution in [0.2, 0.25) is 0 Å². The van der Waals surface area contributed by atoms with Crippen molar-refractivity contribution < 1.29 is 14.6 Å². The molecule has 5 heteroatoms. The molecule has 1 rings (SSSR count). The van der Waals surface area contributed by atoms with Gasteiger partial charge in [0.15, 0.2) is 0 Å². The van der Waals surface area contributed by atoms with Crippen LogP contribution in [0.5, 0.6) is 5.75 Å². The summed E-state index contributed by atoms with van der Waals surface area (Å²) >= 11 is 1.34. The van der Waals surface area contributed by atoms with E-state index in [9.17, 15) is 4.79 Å². The highest BCUT2D eigenvalue weighted by Crippen LogP contribution is 2.25. The lowest BCUT2D eigenvalue weighted by Gasteiger charge is -2.14. The molecule has 0 saturated carbocycles. The Bertz CT molecular complexity index is 311. The molecule has 0 aliphatic carbocycles. The van der Waals surface area contributed by atoms with Gasteiger partial charge in [0.1, 0.15) is 10.6 Å². The van der Waals surface area contributed by atoms with Crippen LogP contribution in [0, 0.1) is 0 Å². The number of methoxy groups -OCH3 is 1. The fourth-order valence-electron chi connectivity index (χ4n) is 1.04. The quantitative estimate of drug-likeness (QED) is 0.809. The number of thiophene rings is 1. The second-order valence-electron chi connectivity index (χ2n) is 2.77. The molecule has 0 unspecified atom stereocenters. The van der Waals surface area contributed by atoms with Crippen LogP contribution < -0.4 is 4.74 Å². The Hall–Kier alpha value is -1.07. The van der Waals surface area contributed by atoms with Crippen LogP contribution in [0.1, 0.15) is 9.67 Å². The summed E-state index contributed by atoms with van der Waals surface area (Å²) in [7, 11) is 3.18. The van der Waals surface area contributed by atoms with Gasteiger partial charge in [0.25, 0.3) is 5.91 Å². The number of amides is 1. The predicted octanol–water partition coefficient (Wildman–Crippen LogP) is 0.821. The van der Waals surface area contributed by atoms with Crippen molar-refractivity contribution >= 4 is 17.2 Å². The van der Waals surface area contributed by atoms with Crippen molar-refractivity contribution in [3.05, 3.63) is 16.3 Å². The second-order valence-corrected chi connectivity index (χ2v) is 3.68. The van der Waals surface area contributed by atoms with E-state index in [0.717, 1.165) is 0 Å². The molecule has 0 saturated heterocycles. The summed E-state index contributed by atoms with van der Waals surface area (Å²) < 4.78 is 5.04. The fourth-order valence-corrected chi connectivity index (χ4v) is 1.89. The van der Waals surface area contributed by atoms with E-state index in [0.29, 0.717) is 17.2 Å². The zero-order chi connectivity index (χ0) is 10.6. The third-order valence-electron chi connectivity index (χ3n) is 1.83. The van der Waals surface area contributed by atoms with Gasteiger partial charge in [-0.25, -0.2) is 0 Å². The first-order valence-corrected chi connectivity index (χ1v) is 5.06. The van der Waals surface area contributed by atoms with E-state index in [1.54, 1.807) is 18.5 Å². The number of hydrogen-bond acceptors (Lipinski definition) is 4. The van der Waals surface area contributed by atoms with Crippen LogP contribution in [0.15, 0.2) is 11.4 Å². The summed E-state index contributed by atoms with van der Waals surface area (Å²) in [6.07, 6.45) is 0. The van der Waals surface area contributed by atoms with Gasteiger partial charge in [-0.1, -0.05) is 0 Å². The summed E-state index contributed by atoms with van der Waals surface area (Å²) in [5.41, 5.74) is 0. The number of aliphatic hydroxyl groups is 1. The number of likely N-dealkylation sites (N-methyl/N-ethyl adjacent to an activating group) is 1. The van der Waals surface area contributed by atoms with Crippen LogP contribution in [-0.2, 0) is 0 Å². The topological polar surface area (TPSA) is 49.8 Å². The van der Waals surface area contributed by atoms with Gasteiger partial charge in [-0.3, -0.25) is 4.79 Å². The molecule has 0 aliphatic rings. The standard InChI is InChI=1S/C9H13NO3S/c1-10(4-5-11)9(12)8-7(13-2)3-6-14-8/h3,6,11H,4-5H2,1-2H3. The normalized spacial score (nSPS) is 9.93. The molecule has 14 heavy (non-hydrogen) atoms. The number of carbonyl (C=O) groups excluding carboxylic acids is 1. The molecule has 0 aliphatic heterocycles. The van der Waals surface area contributed by atoms with Gasteiger partial charge in [-0.2, -0.15) is 0 Å². The van der Waals surface area contributed by atoms with Crippen LogP contribution in [0.4, 0.5) is 0 Å². The van der Waals surface area contributed by atoms with Gasteiger partial charge in [0, 0.05) is 13.6 Å². The van der Waals surface area contributed by atoms with E-state index >= 15 is 0 Å². The van der Waals surface area contributed by atoms with Gasteiger partial charge in [0.05, 0.1) is 13.7 Å². The summed E-state index contributed by atoms with van der Waals surface area (Å²) in [5, 5.41) is 10.5. The van der Waals surface area contributed by atoms with E-state index in [1.165, 1.54) is 23.3 Å². The number of ether oxygens (including phenoxy) is 1. The zero-order valence-electron chi connectivity index (χ0n) is 8.19. The zero-order valence-corrected chi connectivity index (χ0v) is 9.00. The Morgan fingerprint density at radius 1 is 1.71 bits per heavy atom. The third-order valence-corrected chi connectivity index (χ3v) is 2.71. The van der Waals surface area contributed by atoms with Crippen LogP contribution in [-0.4, -0.2) is 43.2 Å². The Labute approximate surface area is 86.7 Å². The highest BCUT2D eigenvalue weighted by molar-refractivity contribution is 7.12. The largest absolute Gasteiger partial charge is 0.495 e. The van der Waals surface area contributed by atoms with Gasteiger partial charge < -0.3 is 14.7 Å². The van der Waals surface area contributed by atoms with Gasteiger partial charge in [-0.05, 0) is 11.4 Å². The molecule has 4 nitrogen and oxygen atoms in total. The molecule has 1 N–H and O–H groups in total. The van der Waals surface area contributed by atoms with E-state index in [1.807, 2.05) is 0 Å². The molecule has 1 heterocycles. The Kier molecular flexibility index (Phi) is 3.91. The minimum absolute atomic E-state index is 0.0318. The van der Waals surface area contributed by atoms with Crippen molar-refractivity contribution in [2.75, 3.05) is 27.3 Å². The SMILES string of the molecule is COc1ccsc1C(=O)N(C)CCO. The molecular formula is C9H13NO3S. The average Bonchev–Trinajstić information content (AvgIpc) is 2.64. The molecule has 1 aromatic rings. The summed E-state index contributed by atoms with van der Waals surface area (Å²) in [6.45, 7) is 0.301. The summed E-state index contributed by atoms with van der Waals surface area (Å²) in [4.78, 5) is 13.8. The Morgan fingerprint density at radius 2 is 2.43 bits per heavy atom. The van der Waals surface area contributed by atoms with Crippen LogP contribution in [0.3, 0.4) is 0 Å². The highest BCUT2D eigenvalue weighted by Gasteiger charge is 2.17. The van der Waals surface area contributed by atoms with Crippen molar-refractivity contribution in [2.45, 2.75) is 0 Å². The van der Waals surface area contributed by atoms with Gasteiger partial charge in [-0.15, -0.1) is 11.3 Å². The Morgan fingerprint density at radius 3 is 3.00 bits per heavy atom. The van der Waals surface area contributed by atoms with Crippen molar-refractivity contribution in [3.8, 4) is 5.75 Å². The molecule has 1 amide bonds. The molecule has 78 valence electrons. The number of nitrogens with zero attached hydrogens (tertiary/aromatic N) is 1. The first-order chi connectivity index (χ1) is 6.70. The van der Waals surface area contributed by atoms with Crippen molar-refractivity contribution in [2.24, 2.45) is 0 Å².